The summed E-state index contributed by atoms with van der Waals surface area (Å²) in [4.78, 5) is 0. The minimum absolute atomic E-state index is 0.751. The molecule has 13 heavy (non-hydrogen) atoms. The molecule has 0 fully saturated rings. The van der Waals surface area contributed by atoms with E-state index in [0.717, 1.165) is 18.2 Å². The molecular formula is C10H15ClOSi. The van der Waals surface area contributed by atoms with Gasteiger partial charge in [0, 0.05) is 6.61 Å². The number of rotatable bonds is 4. The summed E-state index contributed by atoms with van der Waals surface area (Å²) in [6.07, 6.45) is 1.02. The summed E-state index contributed by atoms with van der Waals surface area (Å²) in [6, 6.07) is 10.1. The van der Waals surface area contributed by atoms with Crippen molar-refractivity contribution in [3.63, 3.8) is 0 Å². The average molecular weight is 215 g/mol. The van der Waals surface area contributed by atoms with Crippen molar-refractivity contribution < 1.29 is 4.43 Å². The molecule has 0 aliphatic heterocycles. The summed E-state index contributed by atoms with van der Waals surface area (Å²) < 4.78 is 5.67. The molecule has 0 bridgehead atoms. The molecule has 1 nitrogen and oxygen atoms in total. The van der Waals surface area contributed by atoms with Gasteiger partial charge in [-0.3, -0.25) is 0 Å². The summed E-state index contributed by atoms with van der Waals surface area (Å²) in [7, 11) is -2.13. The van der Waals surface area contributed by atoms with Gasteiger partial charge in [0.25, 0.3) is 0 Å². The first-order valence-corrected chi connectivity index (χ1v) is 7.97. The molecule has 0 aliphatic carbocycles. The average Bonchev–Trinajstić information content (AvgIpc) is 2.16. The zero-order chi connectivity index (χ0) is 9.73. The second kappa shape index (κ2) is 4.79. The van der Waals surface area contributed by atoms with Crippen LogP contribution in [-0.2, 0) is 4.43 Å². The highest BCUT2D eigenvalue weighted by Gasteiger charge is 2.28. The van der Waals surface area contributed by atoms with Crippen molar-refractivity contribution in [2.75, 3.05) is 6.61 Å². The zero-order valence-corrected chi connectivity index (χ0v) is 9.84. The molecule has 1 unspecified atom stereocenters. The van der Waals surface area contributed by atoms with Crippen LogP contribution in [-0.4, -0.2) is 14.2 Å². The standard InChI is InChI=1S/C10H15ClOSi/c1-3-9-12-13(2,11)10-7-5-4-6-8-10/h4-8H,3,9H2,1-2H3. The van der Waals surface area contributed by atoms with E-state index in [0.29, 0.717) is 0 Å². The minimum atomic E-state index is -2.13. The normalized spacial score (nSPS) is 15.3. The van der Waals surface area contributed by atoms with Gasteiger partial charge in [-0.1, -0.05) is 37.3 Å². The van der Waals surface area contributed by atoms with Crippen LogP contribution < -0.4 is 5.19 Å². The van der Waals surface area contributed by atoms with Crippen LogP contribution in [0.1, 0.15) is 13.3 Å². The van der Waals surface area contributed by atoms with Crippen LogP contribution in [0.4, 0.5) is 0 Å². The Bertz CT molecular complexity index is 248. The molecule has 1 atom stereocenters. The van der Waals surface area contributed by atoms with Crippen molar-refractivity contribution >= 4 is 23.9 Å². The molecule has 0 saturated heterocycles. The van der Waals surface area contributed by atoms with Crippen LogP contribution >= 0.6 is 11.1 Å². The van der Waals surface area contributed by atoms with Gasteiger partial charge in [-0.05, 0) is 18.2 Å². The van der Waals surface area contributed by atoms with E-state index in [4.69, 9.17) is 15.5 Å². The molecule has 0 heterocycles. The number of benzene rings is 1. The predicted molar refractivity (Wildman–Crippen MR) is 59.8 cm³/mol. The van der Waals surface area contributed by atoms with Gasteiger partial charge in [0.15, 0.2) is 0 Å². The van der Waals surface area contributed by atoms with Crippen molar-refractivity contribution in [3.05, 3.63) is 30.3 Å². The van der Waals surface area contributed by atoms with Crippen LogP contribution in [0.3, 0.4) is 0 Å². The van der Waals surface area contributed by atoms with Crippen LogP contribution in [0.15, 0.2) is 30.3 Å². The van der Waals surface area contributed by atoms with Gasteiger partial charge in [-0.2, -0.15) is 0 Å². The SMILES string of the molecule is CCCO[Si](C)(Cl)c1ccccc1. The van der Waals surface area contributed by atoms with Crippen LogP contribution in [0, 0.1) is 0 Å². The second-order valence-corrected chi connectivity index (χ2v) is 7.99. The molecule has 0 aromatic heterocycles. The van der Waals surface area contributed by atoms with Crippen LogP contribution in [0.2, 0.25) is 6.55 Å². The van der Waals surface area contributed by atoms with Gasteiger partial charge in [0.1, 0.15) is 0 Å². The van der Waals surface area contributed by atoms with Crippen LogP contribution in [0.5, 0.6) is 0 Å². The van der Waals surface area contributed by atoms with Crippen molar-refractivity contribution in [2.24, 2.45) is 0 Å². The first kappa shape index (κ1) is 10.8. The summed E-state index contributed by atoms with van der Waals surface area (Å²) in [5.41, 5.74) is 0. The minimum Gasteiger partial charge on any atom is -0.400 e. The molecule has 0 radical (unpaired) electrons. The first-order valence-electron chi connectivity index (χ1n) is 4.55. The molecule has 72 valence electrons. The van der Waals surface area contributed by atoms with E-state index in [1.807, 2.05) is 36.9 Å². The molecule has 1 aromatic rings. The Kier molecular flexibility index (Phi) is 3.97. The number of hydrogen-bond donors (Lipinski definition) is 0. The maximum atomic E-state index is 6.36. The lowest BCUT2D eigenvalue weighted by Gasteiger charge is -2.19. The lowest BCUT2D eigenvalue weighted by atomic mass is 10.4. The van der Waals surface area contributed by atoms with Gasteiger partial charge >= 0.3 is 7.63 Å². The first-order chi connectivity index (χ1) is 6.17. The van der Waals surface area contributed by atoms with Gasteiger partial charge in [0.05, 0.1) is 0 Å². The summed E-state index contributed by atoms with van der Waals surface area (Å²) in [6.45, 7) is 4.85. The van der Waals surface area contributed by atoms with E-state index in [9.17, 15) is 0 Å². The Morgan fingerprint density at radius 3 is 2.46 bits per heavy atom. The molecule has 0 amide bonds. The monoisotopic (exact) mass is 214 g/mol. The fraction of sp³-hybridized carbons (Fsp3) is 0.400. The Balaban J connectivity index is 2.69. The fourth-order valence-electron chi connectivity index (χ4n) is 1.11. The topological polar surface area (TPSA) is 9.23 Å². The highest BCUT2D eigenvalue weighted by atomic mass is 35.6. The van der Waals surface area contributed by atoms with E-state index < -0.39 is 7.63 Å². The Labute approximate surface area is 85.5 Å². The van der Waals surface area contributed by atoms with Crippen molar-refractivity contribution in [1.82, 2.24) is 0 Å². The number of halogens is 1. The molecular weight excluding hydrogens is 200 g/mol. The van der Waals surface area contributed by atoms with E-state index in [1.54, 1.807) is 0 Å². The maximum absolute atomic E-state index is 6.36. The smallest absolute Gasteiger partial charge is 0.319 e. The molecule has 0 N–H and O–H groups in total. The summed E-state index contributed by atoms with van der Waals surface area (Å²) in [5.74, 6) is 0. The largest absolute Gasteiger partial charge is 0.400 e. The van der Waals surface area contributed by atoms with Gasteiger partial charge in [-0.15, -0.1) is 11.1 Å². The Hall–Kier alpha value is -0.313. The molecule has 0 aliphatic rings. The third-order valence-electron chi connectivity index (χ3n) is 1.87. The molecule has 3 heteroatoms. The van der Waals surface area contributed by atoms with Gasteiger partial charge in [-0.25, -0.2) is 0 Å². The van der Waals surface area contributed by atoms with E-state index in [2.05, 4.69) is 6.92 Å². The fourth-order valence-corrected chi connectivity index (χ4v) is 3.26. The zero-order valence-electron chi connectivity index (χ0n) is 8.09. The second-order valence-electron chi connectivity index (χ2n) is 3.13. The van der Waals surface area contributed by atoms with Crippen molar-refractivity contribution in [3.8, 4) is 0 Å². The van der Waals surface area contributed by atoms with E-state index in [1.165, 1.54) is 0 Å². The molecule has 0 saturated carbocycles. The highest BCUT2D eigenvalue weighted by molar-refractivity contribution is 7.23. The third-order valence-corrected chi connectivity index (χ3v) is 4.96. The molecule has 1 rings (SSSR count). The Morgan fingerprint density at radius 1 is 1.31 bits per heavy atom. The van der Waals surface area contributed by atoms with Crippen molar-refractivity contribution in [2.45, 2.75) is 19.9 Å². The quantitative estimate of drug-likeness (QED) is 0.553. The molecule has 1 aromatic carbocycles. The lowest BCUT2D eigenvalue weighted by molar-refractivity contribution is 0.324. The number of hydrogen-bond acceptors (Lipinski definition) is 1. The summed E-state index contributed by atoms with van der Waals surface area (Å²) in [5, 5.41) is 1.14. The predicted octanol–water partition coefficient (Wildman–Crippen LogP) is 2.63. The third kappa shape index (κ3) is 3.14. The van der Waals surface area contributed by atoms with Gasteiger partial charge in [0.2, 0.25) is 0 Å². The van der Waals surface area contributed by atoms with Crippen molar-refractivity contribution in [1.29, 1.82) is 0 Å². The lowest BCUT2D eigenvalue weighted by Crippen LogP contribution is -2.42. The summed E-state index contributed by atoms with van der Waals surface area (Å²) >= 11 is 6.36. The van der Waals surface area contributed by atoms with Gasteiger partial charge < -0.3 is 4.43 Å². The highest BCUT2D eigenvalue weighted by Crippen LogP contribution is 2.10. The van der Waals surface area contributed by atoms with E-state index in [-0.39, 0.29) is 0 Å². The maximum Gasteiger partial charge on any atom is 0.319 e. The van der Waals surface area contributed by atoms with Crippen LogP contribution in [0.25, 0.3) is 0 Å². The Morgan fingerprint density at radius 2 is 1.92 bits per heavy atom. The molecule has 0 spiro atoms. The van der Waals surface area contributed by atoms with E-state index >= 15 is 0 Å².